The number of benzene rings is 1. The zero-order valence-electron chi connectivity index (χ0n) is 7.10. The maximum absolute atomic E-state index is 10.8. The molecule has 0 fully saturated rings. The van der Waals surface area contributed by atoms with Gasteiger partial charge in [-0.15, -0.1) is 0 Å². The average Bonchev–Trinajstić information content (AvgIpc) is 2.17. The van der Waals surface area contributed by atoms with Gasteiger partial charge in [-0.1, -0.05) is 24.3 Å². The normalized spacial score (nSPS) is 20.8. The van der Waals surface area contributed by atoms with Crippen LogP contribution in [-0.4, -0.2) is 17.6 Å². The van der Waals surface area contributed by atoms with Gasteiger partial charge in [0.05, 0.1) is 0 Å². The third kappa shape index (κ3) is 1.42. The SMILES string of the molecule is O=C(O)C1[N]CCc2ccccc21. The largest absolute Gasteiger partial charge is 0.480 e. The molecule has 1 heterocycles. The third-order valence-corrected chi connectivity index (χ3v) is 2.28. The zero-order chi connectivity index (χ0) is 9.26. The first-order valence-electron chi connectivity index (χ1n) is 4.26. The fourth-order valence-electron chi connectivity index (χ4n) is 1.65. The number of nitrogens with zero attached hydrogens (tertiary/aromatic N) is 1. The fourth-order valence-corrected chi connectivity index (χ4v) is 1.65. The van der Waals surface area contributed by atoms with Crippen LogP contribution in [0.25, 0.3) is 0 Å². The van der Waals surface area contributed by atoms with E-state index < -0.39 is 12.0 Å². The molecule has 0 spiro atoms. The van der Waals surface area contributed by atoms with Gasteiger partial charge in [0.1, 0.15) is 6.04 Å². The number of hydrogen-bond donors (Lipinski definition) is 1. The lowest BCUT2D eigenvalue weighted by molar-refractivity contribution is -0.139. The Kier molecular flexibility index (Phi) is 2.02. The van der Waals surface area contributed by atoms with Gasteiger partial charge in [-0.2, -0.15) is 0 Å². The molecular weight excluding hydrogens is 166 g/mol. The van der Waals surface area contributed by atoms with E-state index in [1.54, 1.807) is 0 Å². The predicted molar refractivity (Wildman–Crippen MR) is 47.5 cm³/mol. The molecule has 13 heavy (non-hydrogen) atoms. The van der Waals surface area contributed by atoms with Crippen LogP contribution >= 0.6 is 0 Å². The number of hydrogen-bond acceptors (Lipinski definition) is 1. The molecule has 0 saturated carbocycles. The molecular formula is C10H10NO2. The van der Waals surface area contributed by atoms with Crippen molar-refractivity contribution in [3.63, 3.8) is 0 Å². The van der Waals surface area contributed by atoms with E-state index in [1.165, 1.54) is 0 Å². The molecule has 1 N–H and O–H groups in total. The van der Waals surface area contributed by atoms with Crippen molar-refractivity contribution in [1.82, 2.24) is 5.32 Å². The van der Waals surface area contributed by atoms with Crippen molar-refractivity contribution in [3.8, 4) is 0 Å². The van der Waals surface area contributed by atoms with Crippen molar-refractivity contribution in [3.05, 3.63) is 35.4 Å². The number of fused-ring (bicyclic) bond motifs is 1. The summed E-state index contributed by atoms with van der Waals surface area (Å²) in [4.78, 5) is 10.8. The first-order valence-corrected chi connectivity index (χ1v) is 4.26. The Morgan fingerprint density at radius 3 is 3.00 bits per heavy atom. The molecule has 67 valence electrons. The first kappa shape index (κ1) is 8.26. The van der Waals surface area contributed by atoms with Crippen LogP contribution < -0.4 is 5.32 Å². The van der Waals surface area contributed by atoms with Crippen LogP contribution in [0.15, 0.2) is 24.3 Å². The van der Waals surface area contributed by atoms with Gasteiger partial charge in [0.15, 0.2) is 0 Å². The van der Waals surface area contributed by atoms with Gasteiger partial charge < -0.3 is 5.11 Å². The lowest BCUT2D eigenvalue weighted by Gasteiger charge is -2.21. The minimum absolute atomic E-state index is 0.619. The van der Waals surface area contributed by atoms with Crippen LogP contribution in [0, 0.1) is 0 Å². The highest BCUT2D eigenvalue weighted by atomic mass is 16.4. The minimum atomic E-state index is -0.854. The second kappa shape index (κ2) is 3.18. The minimum Gasteiger partial charge on any atom is -0.480 e. The number of rotatable bonds is 1. The lowest BCUT2D eigenvalue weighted by atomic mass is 9.95. The van der Waals surface area contributed by atoms with Gasteiger partial charge in [-0.3, -0.25) is 4.79 Å². The van der Waals surface area contributed by atoms with E-state index in [0.717, 1.165) is 17.5 Å². The van der Waals surface area contributed by atoms with Gasteiger partial charge in [-0.25, -0.2) is 5.32 Å². The summed E-state index contributed by atoms with van der Waals surface area (Å²) in [5, 5.41) is 13.0. The van der Waals surface area contributed by atoms with E-state index in [1.807, 2.05) is 24.3 Å². The van der Waals surface area contributed by atoms with Crippen molar-refractivity contribution in [2.24, 2.45) is 0 Å². The van der Waals surface area contributed by atoms with E-state index in [0.29, 0.717) is 6.54 Å². The average molecular weight is 176 g/mol. The molecule has 0 amide bonds. The molecule has 1 radical (unpaired) electrons. The van der Waals surface area contributed by atoms with E-state index in [2.05, 4.69) is 5.32 Å². The summed E-state index contributed by atoms with van der Waals surface area (Å²) in [6, 6.07) is 6.96. The Labute approximate surface area is 76.4 Å². The smallest absolute Gasteiger partial charge is 0.326 e. The number of carboxylic acids is 1. The van der Waals surface area contributed by atoms with Crippen LogP contribution in [0.1, 0.15) is 17.2 Å². The van der Waals surface area contributed by atoms with Gasteiger partial charge in [0.2, 0.25) is 0 Å². The third-order valence-electron chi connectivity index (χ3n) is 2.28. The fraction of sp³-hybridized carbons (Fsp3) is 0.300. The highest BCUT2D eigenvalue weighted by Crippen LogP contribution is 2.23. The maximum Gasteiger partial charge on any atom is 0.326 e. The highest BCUT2D eigenvalue weighted by Gasteiger charge is 2.25. The van der Waals surface area contributed by atoms with Gasteiger partial charge in [0.25, 0.3) is 0 Å². The molecule has 0 aromatic heterocycles. The topological polar surface area (TPSA) is 51.4 Å². The number of carbonyl (C=O) groups is 1. The van der Waals surface area contributed by atoms with Gasteiger partial charge in [0, 0.05) is 6.54 Å². The Morgan fingerprint density at radius 1 is 1.46 bits per heavy atom. The summed E-state index contributed by atoms with van der Waals surface area (Å²) in [6.07, 6.45) is 0.861. The van der Waals surface area contributed by atoms with Crippen LogP contribution in [0.3, 0.4) is 0 Å². The molecule has 0 aliphatic carbocycles. The second-order valence-corrected chi connectivity index (χ2v) is 3.10. The van der Waals surface area contributed by atoms with E-state index in [-0.39, 0.29) is 0 Å². The van der Waals surface area contributed by atoms with Gasteiger partial charge >= 0.3 is 5.97 Å². The summed E-state index contributed by atoms with van der Waals surface area (Å²) in [5.74, 6) is -0.854. The molecule has 1 aromatic rings. The molecule has 0 saturated heterocycles. The van der Waals surface area contributed by atoms with Crippen LogP contribution in [0.4, 0.5) is 0 Å². The van der Waals surface area contributed by atoms with E-state index in [9.17, 15) is 4.79 Å². The molecule has 2 rings (SSSR count). The molecule has 1 aliphatic heterocycles. The standard InChI is InChI=1S/C10H10NO2/c12-10(13)9-8-4-2-1-3-7(8)5-6-11-9/h1-4,9H,5-6H2,(H,12,13). The summed E-state index contributed by atoms with van der Waals surface area (Å²) >= 11 is 0. The maximum atomic E-state index is 10.8. The zero-order valence-corrected chi connectivity index (χ0v) is 7.10. The summed E-state index contributed by atoms with van der Waals surface area (Å²) < 4.78 is 0. The summed E-state index contributed by atoms with van der Waals surface area (Å²) in [6.45, 7) is 0.619. The van der Waals surface area contributed by atoms with Crippen molar-refractivity contribution >= 4 is 5.97 Å². The predicted octanol–water partition coefficient (Wildman–Crippen LogP) is 0.973. The first-order chi connectivity index (χ1) is 6.29. The molecule has 0 bridgehead atoms. The lowest BCUT2D eigenvalue weighted by Crippen LogP contribution is -2.29. The Hall–Kier alpha value is -1.35. The quantitative estimate of drug-likeness (QED) is 0.693. The highest BCUT2D eigenvalue weighted by molar-refractivity contribution is 5.76. The van der Waals surface area contributed by atoms with Crippen molar-refractivity contribution in [2.45, 2.75) is 12.5 Å². The Morgan fingerprint density at radius 2 is 2.23 bits per heavy atom. The number of aliphatic carboxylic acids is 1. The van der Waals surface area contributed by atoms with Crippen molar-refractivity contribution < 1.29 is 9.90 Å². The van der Waals surface area contributed by atoms with E-state index >= 15 is 0 Å². The van der Waals surface area contributed by atoms with Crippen LogP contribution in [0.2, 0.25) is 0 Å². The molecule has 1 unspecified atom stereocenters. The van der Waals surface area contributed by atoms with Gasteiger partial charge in [-0.05, 0) is 17.5 Å². The number of carboxylic acid groups (broad SMARTS) is 1. The molecule has 1 atom stereocenters. The molecule has 1 aliphatic rings. The van der Waals surface area contributed by atoms with Crippen LogP contribution in [0.5, 0.6) is 0 Å². The Bertz CT molecular complexity index is 335. The summed E-state index contributed by atoms with van der Waals surface area (Å²) in [5.41, 5.74) is 1.96. The van der Waals surface area contributed by atoms with Crippen LogP contribution in [-0.2, 0) is 11.2 Å². The van der Waals surface area contributed by atoms with Crippen molar-refractivity contribution in [2.75, 3.05) is 6.54 Å². The molecule has 3 heteroatoms. The Balaban J connectivity index is 2.42. The monoisotopic (exact) mass is 176 g/mol. The molecule has 1 aromatic carbocycles. The van der Waals surface area contributed by atoms with Crippen molar-refractivity contribution in [1.29, 1.82) is 0 Å². The van der Waals surface area contributed by atoms with E-state index in [4.69, 9.17) is 5.11 Å². The second-order valence-electron chi connectivity index (χ2n) is 3.10. The molecule has 3 nitrogen and oxygen atoms in total. The summed E-state index contributed by atoms with van der Waals surface area (Å²) in [7, 11) is 0.